The number of hydrogen-bond acceptors (Lipinski definition) is 2. The summed E-state index contributed by atoms with van der Waals surface area (Å²) in [5.41, 5.74) is 0.197. The van der Waals surface area contributed by atoms with E-state index in [-0.39, 0.29) is 5.41 Å². The van der Waals surface area contributed by atoms with E-state index in [4.69, 9.17) is 0 Å². The number of aliphatic hydroxyl groups is 1. The molecule has 96 valence electrons. The highest BCUT2D eigenvalue weighted by Gasteiger charge is 2.35. The zero-order valence-corrected chi connectivity index (χ0v) is 11.3. The molecule has 0 radical (unpaired) electrons. The molecule has 0 aromatic rings. The summed E-state index contributed by atoms with van der Waals surface area (Å²) in [6.07, 6.45) is 6.29. The fraction of sp³-hybridized carbons (Fsp3) is 1.00. The van der Waals surface area contributed by atoms with Crippen LogP contribution in [-0.2, 0) is 0 Å². The summed E-state index contributed by atoms with van der Waals surface area (Å²) in [6.45, 7) is 10.6. The minimum Gasteiger partial charge on any atom is -0.396 e. The normalized spacial score (nSPS) is 30.9. The Bertz CT molecular complexity index is 195. The van der Waals surface area contributed by atoms with Crippen LogP contribution in [0.3, 0.4) is 0 Å². The van der Waals surface area contributed by atoms with Gasteiger partial charge in [0.25, 0.3) is 0 Å². The summed E-state index contributed by atoms with van der Waals surface area (Å²) < 4.78 is 0. The second kappa shape index (κ2) is 6.61. The van der Waals surface area contributed by atoms with Gasteiger partial charge in [0.1, 0.15) is 0 Å². The van der Waals surface area contributed by atoms with Gasteiger partial charge in [-0.25, -0.2) is 0 Å². The molecule has 2 unspecified atom stereocenters. The minimum atomic E-state index is 0.197. The first-order valence-electron chi connectivity index (χ1n) is 6.99. The fourth-order valence-corrected chi connectivity index (χ4v) is 3.25. The highest BCUT2D eigenvalue weighted by molar-refractivity contribution is 4.87. The quantitative estimate of drug-likeness (QED) is 0.754. The molecular formula is C14H29NO. The van der Waals surface area contributed by atoms with Crippen LogP contribution < -0.4 is 0 Å². The predicted octanol–water partition coefficient (Wildman–Crippen LogP) is 2.91. The molecule has 2 nitrogen and oxygen atoms in total. The third kappa shape index (κ3) is 3.74. The summed E-state index contributed by atoms with van der Waals surface area (Å²) in [5, 5.41) is 9.75. The highest BCUT2D eigenvalue weighted by Crippen LogP contribution is 2.39. The van der Waals surface area contributed by atoms with E-state index in [2.05, 4.69) is 25.7 Å². The molecule has 0 heterocycles. The molecule has 2 atom stereocenters. The van der Waals surface area contributed by atoms with Crippen molar-refractivity contribution in [3.05, 3.63) is 0 Å². The molecular weight excluding hydrogens is 198 g/mol. The average Bonchev–Trinajstić information content (AvgIpc) is 2.28. The maximum Gasteiger partial charge on any atom is 0.0499 e. The maximum atomic E-state index is 9.75. The van der Waals surface area contributed by atoms with Crippen LogP contribution in [0.15, 0.2) is 0 Å². The van der Waals surface area contributed by atoms with Crippen LogP contribution >= 0.6 is 0 Å². The molecule has 1 saturated carbocycles. The Morgan fingerprint density at radius 2 is 2.12 bits per heavy atom. The summed E-state index contributed by atoms with van der Waals surface area (Å²) >= 11 is 0. The molecule has 0 aliphatic heterocycles. The van der Waals surface area contributed by atoms with Crippen LogP contribution in [0.1, 0.15) is 52.9 Å². The molecule has 0 amide bonds. The van der Waals surface area contributed by atoms with Gasteiger partial charge >= 0.3 is 0 Å². The average molecular weight is 227 g/mol. The van der Waals surface area contributed by atoms with E-state index in [0.29, 0.717) is 6.61 Å². The fourth-order valence-electron chi connectivity index (χ4n) is 3.25. The van der Waals surface area contributed by atoms with Gasteiger partial charge < -0.3 is 10.0 Å². The lowest BCUT2D eigenvalue weighted by Crippen LogP contribution is -2.43. The zero-order valence-electron chi connectivity index (χ0n) is 11.3. The monoisotopic (exact) mass is 227 g/mol. The third-order valence-electron chi connectivity index (χ3n) is 4.07. The largest absolute Gasteiger partial charge is 0.396 e. The summed E-state index contributed by atoms with van der Waals surface area (Å²) in [6, 6.07) is 0. The second-order valence-corrected chi connectivity index (χ2v) is 5.73. The molecule has 0 bridgehead atoms. The molecule has 0 aromatic carbocycles. The number of nitrogens with zero attached hydrogens (tertiary/aromatic N) is 1. The minimum absolute atomic E-state index is 0.197. The molecule has 1 N–H and O–H groups in total. The number of aliphatic hydroxyl groups excluding tert-OH is 1. The zero-order chi connectivity index (χ0) is 12.0. The standard InChI is InChI=1S/C14H29NO/c1-4-9-15(5-2)11-14(12-16)8-6-7-13(3)10-14/h13,16H,4-12H2,1-3H3. The van der Waals surface area contributed by atoms with Crippen molar-refractivity contribution in [2.75, 3.05) is 26.2 Å². The smallest absolute Gasteiger partial charge is 0.0499 e. The lowest BCUT2D eigenvalue weighted by Gasteiger charge is -2.42. The van der Waals surface area contributed by atoms with E-state index in [1.165, 1.54) is 38.6 Å². The lowest BCUT2D eigenvalue weighted by atomic mass is 9.70. The Morgan fingerprint density at radius 1 is 1.38 bits per heavy atom. The highest BCUT2D eigenvalue weighted by atomic mass is 16.3. The number of hydrogen-bond donors (Lipinski definition) is 1. The van der Waals surface area contributed by atoms with Gasteiger partial charge in [0.2, 0.25) is 0 Å². The Morgan fingerprint density at radius 3 is 2.62 bits per heavy atom. The predicted molar refractivity (Wildman–Crippen MR) is 69.6 cm³/mol. The van der Waals surface area contributed by atoms with E-state index >= 15 is 0 Å². The molecule has 16 heavy (non-hydrogen) atoms. The van der Waals surface area contributed by atoms with Gasteiger partial charge in [-0.05, 0) is 38.3 Å². The first kappa shape index (κ1) is 14.0. The van der Waals surface area contributed by atoms with Gasteiger partial charge in [0, 0.05) is 18.6 Å². The van der Waals surface area contributed by atoms with Gasteiger partial charge in [-0.1, -0.05) is 33.6 Å². The van der Waals surface area contributed by atoms with E-state index in [1.54, 1.807) is 0 Å². The van der Waals surface area contributed by atoms with Crippen molar-refractivity contribution in [1.29, 1.82) is 0 Å². The first-order valence-corrected chi connectivity index (χ1v) is 6.99. The Hall–Kier alpha value is -0.0800. The molecule has 0 aromatic heterocycles. The molecule has 1 aliphatic rings. The Kier molecular flexibility index (Phi) is 5.77. The van der Waals surface area contributed by atoms with Crippen LogP contribution in [0, 0.1) is 11.3 Å². The van der Waals surface area contributed by atoms with E-state index in [0.717, 1.165) is 19.0 Å². The van der Waals surface area contributed by atoms with Crippen molar-refractivity contribution in [1.82, 2.24) is 4.90 Å². The van der Waals surface area contributed by atoms with Crippen molar-refractivity contribution in [3.8, 4) is 0 Å². The molecule has 2 heteroatoms. The van der Waals surface area contributed by atoms with Crippen LogP contribution in [0.25, 0.3) is 0 Å². The van der Waals surface area contributed by atoms with Crippen LogP contribution in [-0.4, -0.2) is 36.2 Å². The molecule has 0 saturated heterocycles. The molecule has 1 aliphatic carbocycles. The first-order chi connectivity index (χ1) is 7.65. The van der Waals surface area contributed by atoms with E-state index < -0.39 is 0 Å². The maximum absolute atomic E-state index is 9.75. The lowest BCUT2D eigenvalue weighted by molar-refractivity contribution is 0.0253. The van der Waals surface area contributed by atoms with Crippen LogP contribution in [0.4, 0.5) is 0 Å². The van der Waals surface area contributed by atoms with Crippen molar-refractivity contribution in [2.45, 2.75) is 52.9 Å². The van der Waals surface area contributed by atoms with Gasteiger partial charge in [-0.15, -0.1) is 0 Å². The van der Waals surface area contributed by atoms with Crippen molar-refractivity contribution < 1.29 is 5.11 Å². The van der Waals surface area contributed by atoms with Gasteiger partial charge in [0.05, 0.1) is 0 Å². The molecule has 1 fully saturated rings. The van der Waals surface area contributed by atoms with Crippen molar-refractivity contribution in [3.63, 3.8) is 0 Å². The topological polar surface area (TPSA) is 23.5 Å². The van der Waals surface area contributed by atoms with Gasteiger partial charge in [-0.3, -0.25) is 0 Å². The van der Waals surface area contributed by atoms with Gasteiger partial charge in [0.15, 0.2) is 0 Å². The van der Waals surface area contributed by atoms with Crippen molar-refractivity contribution >= 4 is 0 Å². The second-order valence-electron chi connectivity index (χ2n) is 5.73. The van der Waals surface area contributed by atoms with Crippen LogP contribution in [0.2, 0.25) is 0 Å². The van der Waals surface area contributed by atoms with Gasteiger partial charge in [-0.2, -0.15) is 0 Å². The third-order valence-corrected chi connectivity index (χ3v) is 4.07. The number of rotatable bonds is 6. The molecule has 1 rings (SSSR count). The van der Waals surface area contributed by atoms with Crippen molar-refractivity contribution in [2.24, 2.45) is 11.3 Å². The van der Waals surface area contributed by atoms with E-state index in [9.17, 15) is 5.11 Å². The molecule has 0 spiro atoms. The van der Waals surface area contributed by atoms with Crippen LogP contribution in [0.5, 0.6) is 0 Å². The Labute approximate surface area is 101 Å². The summed E-state index contributed by atoms with van der Waals surface area (Å²) in [4.78, 5) is 2.51. The van der Waals surface area contributed by atoms with E-state index in [1.807, 2.05) is 0 Å². The Balaban J connectivity index is 2.57. The summed E-state index contributed by atoms with van der Waals surface area (Å²) in [7, 11) is 0. The SMILES string of the molecule is CCCN(CC)CC1(CO)CCCC(C)C1. The summed E-state index contributed by atoms with van der Waals surface area (Å²) in [5.74, 6) is 0.793.